The van der Waals surface area contributed by atoms with Crippen molar-refractivity contribution < 1.29 is 0 Å². The molecule has 0 bridgehead atoms. The highest BCUT2D eigenvalue weighted by atomic mass is 15.1. The maximum Gasteiger partial charge on any atom is 0.00924 e. The molecule has 1 atom stereocenters. The predicted octanol–water partition coefficient (Wildman–Crippen LogP) is 3.01. The van der Waals surface area contributed by atoms with Crippen molar-refractivity contribution in [3.8, 4) is 0 Å². The molecule has 1 saturated carbocycles. The topological polar surface area (TPSA) is 29.3 Å². The van der Waals surface area contributed by atoms with Crippen LogP contribution in [0.2, 0.25) is 0 Å². The molecule has 0 aromatic carbocycles. The Balaban J connectivity index is 2.46. The van der Waals surface area contributed by atoms with Gasteiger partial charge in [0.15, 0.2) is 0 Å². The van der Waals surface area contributed by atoms with E-state index in [1.165, 1.54) is 38.5 Å². The van der Waals surface area contributed by atoms with Crippen molar-refractivity contribution in [1.82, 2.24) is 4.90 Å². The van der Waals surface area contributed by atoms with E-state index in [2.05, 4.69) is 32.7 Å². The molecule has 0 aromatic heterocycles. The Morgan fingerprint density at radius 2 is 1.69 bits per heavy atom. The van der Waals surface area contributed by atoms with Crippen molar-refractivity contribution in [2.24, 2.45) is 11.1 Å². The van der Waals surface area contributed by atoms with Crippen LogP contribution in [0.5, 0.6) is 0 Å². The molecule has 1 fully saturated rings. The van der Waals surface area contributed by atoms with Gasteiger partial charge < -0.3 is 10.6 Å². The lowest BCUT2D eigenvalue weighted by atomic mass is 9.85. The fourth-order valence-electron chi connectivity index (χ4n) is 2.61. The zero-order valence-corrected chi connectivity index (χ0v) is 11.6. The minimum absolute atomic E-state index is 0.223. The first kappa shape index (κ1) is 14.0. The van der Waals surface area contributed by atoms with Gasteiger partial charge in [0.2, 0.25) is 0 Å². The van der Waals surface area contributed by atoms with Crippen molar-refractivity contribution in [1.29, 1.82) is 0 Å². The van der Waals surface area contributed by atoms with Crippen LogP contribution >= 0.6 is 0 Å². The third-order valence-corrected chi connectivity index (χ3v) is 4.34. The molecule has 0 radical (unpaired) electrons. The summed E-state index contributed by atoms with van der Waals surface area (Å²) in [5.74, 6) is 0. The summed E-state index contributed by atoms with van der Waals surface area (Å²) < 4.78 is 0. The summed E-state index contributed by atoms with van der Waals surface area (Å²) in [5.41, 5.74) is 6.28. The average Bonchev–Trinajstić information content (AvgIpc) is 2.44. The van der Waals surface area contributed by atoms with Gasteiger partial charge in [0.25, 0.3) is 0 Å². The quantitative estimate of drug-likeness (QED) is 0.747. The lowest BCUT2D eigenvalue weighted by Crippen LogP contribution is -2.46. The normalized spacial score (nSPS) is 22.1. The number of hydrogen-bond acceptors (Lipinski definition) is 2. The molecular formula is C14H30N2. The predicted molar refractivity (Wildman–Crippen MR) is 71.6 cm³/mol. The average molecular weight is 226 g/mol. The molecule has 0 spiro atoms. The molecule has 0 aromatic rings. The van der Waals surface area contributed by atoms with E-state index in [0.717, 1.165) is 12.6 Å². The number of hydrogen-bond donors (Lipinski definition) is 1. The highest BCUT2D eigenvalue weighted by Crippen LogP contribution is 2.26. The van der Waals surface area contributed by atoms with E-state index in [0.29, 0.717) is 0 Å². The molecule has 0 saturated heterocycles. The van der Waals surface area contributed by atoms with Gasteiger partial charge in [0.05, 0.1) is 0 Å². The van der Waals surface area contributed by atoms with Gasteiger partial charge in [0.1, 0.15) is 0 Å². The summed E-state index contributed by atoms with van der Waals surface area (Å²) in [6.07, 6.45) is 8.44. The Morgan fingerprint density at radius 3 is 2.12 bits per heavy atom. The van der Waals surface area contributed by atoms with Crippen LogP contribution in [-0.4, -0.2) is 30.6 Å². The van der Waals surface area contributed by atoms with E-state index in [9.17, 15) is 0 Å². The second kappa shape index (κ2) is 6.02. The van der Waals surface area contributed by atoms with Crippen LogP contribution in [-0.2, 0) is 0 Å². The Morgan fingerprint density at radius 1 is 1.19 bits per heavy atom. The Bertz CT molecular complexity index is 191. The molecule has 1 aliphatic rings. The van der Waals surface area contributed by atoms with Gasteiger partial charge in [-0.25, -0.2) is 0 Å². The van der Waals surface area contributed by atoms with Crippen molar-refractivity contribution in [2.45, 2.75) is 71.4 Å². The number of nitrogens with zero attached hydrogens (tertiary/aromatic N) is 1. The van der Waals surface area contributed by atoms with E-state index >= 15 is 0 Å². The van der Waals surface area contributed by atoms with Gasteiger partial charge in [-0.05, 0) is 32.2 Å². The van der Waals surface area contributed by atoms with E-state index in [4.69, 9.17) is 5.73 Å². The summed E-state index contributed by atoms with van der Waals surface area (Å²) in [6, 6.07) is 1.06. The van der Waals surface area contributed by atoms with Crippen LogP contribution in [0.4, 0.5) is 0 Å². The Hall–Kier alpha value is -0.0800. The molecule has 0 heterocycles. The smallest absolute Gasteiger partial charge is 0.00924 e. The van der Waals surface area contributed by atoms with Gasteiger partial charge >= 0.3 is 0 Å². The van der Waals surface area contributed by atoms with Crippen LogP contribution in [0.1, 0.15) is 59.3 Å². The minimum Gasteiger partial charge on any atom is -0.327 e. The summed E-state index contributed by atoms with van der Waals surface area (Å²) in [5, 5.41) is 0. The van der Waals surface area contributed by atoms with Crippen molar-refractivity contribution >= 4 is 0 Å². The van der Waals surface area contributed by atoms with Gasteiger partial charge in [-0.3, -0.25) is 0 Å². The van der Waals surface area contributed by atoms with E-state index in [-0.39, 0.29) is 11.5 Å². The Kier molecular flexibility index (Phi) is 5.26. The lowest BCUT2D eigenvalue weighted by Gasteiger charge is -2.37. The zero-order valence-electron chi connectivity index (χ0n) is 11.6. The monoisotopic (exact) mass is 226 g/mol. The zero-order chi connectivity index (χ0) is 12.2. The molecule has 16 heavy (non-hydrogen) atoms. The van der Waals surface area contributed by atoms with E-state index in [1.54, 1.807) is 0 Å². The summed E-state index contributed by atoms with van der Waals surface area (Å²) >= 11 is 0. The first-order valence-electron chi connectivity index (χ1n) is 6.89. The van der Waals surface area contributed by atoms with Crippen LogP contribution in [0.25, 0.3) is 0 Å². The molecule has 0 aliphatic heterocycles. The van der Waals surface area contributed by atoms with Crippen molar-refractivity contribution in [3.63, 3.8) is 0 Å². The highest BCUT2D eigenvalue weighted by molar-refractivity contribution is 4.83. The van der Waals surface area contributed by atoms with E-state index < -0.39 is 0 Å². The molecule has 96 valence electrons. The third kappa shape index (κ3) is 4.06. The van der Waals surface area contributed by atoms with Gasteiger partial charge in [-0.2, -0.15) is 0 Å². The van der Waals surface area contributed by atoms with Crippen LogP contribution < -0.4 is 5.73 Å². The van der Waals surface area contributed by atoms with Gasteiger partial charge in [-0.1, -0.05) is 39.5 Å². The molecule has 1 rings (SSSR count). The van der Waals surface area contributed by atoms with E-state index in [1.807, 2.05) is 0 Å². The largest absolute Gasteiger partial charge is 0.327 e. The number of nitrogens with two attached hydrogens (primary N) is 1. The maximum atomic E-state index is 6.05. The SMILES string of the molecule is CC(N)C(C)(C)CN(C)C1CCCCCC1. The molecule has 2 N–H and O–H groups in total. The first-order valence-corrected chi connectivity index (χ1v) is 6.89. The molecule has 2 nitrogen and oxygen atoms in total. The number of rotatable bonds is 4. The van der Waals surface area contributed by atoms with Crippen LogP contribution in [0.3, 0.4) is 0 Å². The van der Waals surface area contributed by atoms with Crippen LogP contribution in [0.15, 0.2) is 0 Å². The van der Waals surface area contributed by atoms with Gasteiger partial charge in [0, 0.05) is 18.6 Å². The molecule has 2 heteroatoms. The molecule has 1 unspecified atom stereocenters. The fraction of sp³-hybridized carbons (Fsp3) is 1.00. The first-order chi connectivity index (χ1) is 7.43. The summed E-state index contributed by atoms with van der Waals surface area (Å²) in [7, 11) is 2.28. The van der Waals surface area contributed by atoms with Crippen LogP contribution in [0, 0.1) is 5.41 Å². The highest BCUT2D eigenvalue weighted by Gasteiger charge is 2.27. The van der Waals surface area contributed by atoms with Gasteiger partial charge in [-0.15, -0.1) is 0 Å². The second-order valence-electron chi connectivity index (χ2n) is 6.34. The fourth-order valence-corrected chi connectivity index (χ4v) is 2.61. The standard InChI is InChI=1S/C14H30N2/c1-12(15)14(2,3)11-16(4)13-9-7-5-6-8-10-13/h12-13H,5-11,15H2,1-4H3. The Labute approximate surface area is 102 Å². The van der Waals surface area contributed by atoms with Crippen molar-refractivity contribution in [3.05, 3.63) is 0 Å². The molecule has 0 amide bonds. The maximum absolute atomic E-state index is 6.05. The molecule has 1 aliphatic carbocycles. The van der Waals surface area contributed by atoms with Crippen molar-refractivity contribution in [2.75, 3.05) is 13.6 Å². The summed E-state index contributed by atoms with van der Waals surface area (Å²) in [6.45, 7) is 7.81. The third-order valence-electron chi connectivity index (χ3n) is 4.34. The molecular weight excluding hydrogens is 196 g/mol. The second-order valence-corrected chi connectivity index (χ2v) is 6.34. The minimum atomic E-state index is 0.223. The summed E-state index contributed by atoms with van der Waals surface area (Å²) in [4.78, 5) is 2.55. The lowest BCUT2D eigenvalue weighted by molar-refractivity contribution is 0.133.